The van der Waals surface area contributed by atoms with Crippen molar-refractivity contribution in [3.05, 3.63) is 37.2 Å². The van der Waals surface area contributed by atoms with Gasteiger partial charge in [-0.1, -0.05) is 6.92 Å². The van der Waals surface area contributed by atoms with Gasteiger partial charge in [0.2, 0.25) is 4.77 Å². The Balaban J connectivity index is 2.09. The summed E-state index contributed by atoms with van der Waals surface area (Å²) in [5.74, 6) is 1.95. The lowest BCUT2D eigenvalue weighted by atomic mass is 9.89. The molecule has 0 bridgehead atoms. The molecule has 3 heterocycles. The lowest BCUT2D eigenvalue weighted by molar-refractivity contribution is 0.508. The molecule has 120 valence electrons. The molecule has 0 spiro atoms. The van der Waals surface area contributed by atoms with Gasteiger partial charge >= 0.3 is 0 Å². The van der Waals surface area contributed by atoms with Crippen LogP contribution in [0.25, 0.3) is 10.2 Å². The molecule has 1 N–H and O–H groups in total. The summed E-state index contributed by atoms with van der Waals surface area (Å²) in [4.78, 5) is 18.6. The fourth-order valence-corrected chi connectivity index (χ4v) is 5.08. The summed E-state index contributed by atoms with van der Waals surface area (Å²) >= 11 is 7.11. The van der Waals surface area contributed by atoms with Gasteiger partial charge in [-0.15, -0.1) is 21.5 Å². The van der Waals surface area contributed by atoms with Crippen molar-refractivity contribution in [3.8, 4) is 0 Å². The van der Waals surface area contributed by atoms with Crippen molar-refractivity contribution in [2.24, 2.45) is 5.92 Å². The second-order valence-electron chi connectivity index (χ2n) is 6.21. The standard InChI is InChI=1S/C15H17N5OS2/c1-7-4-5-10-11(6-7)23-13-12(10)14(21)20(15(22)16-13)19-8(2)17-18-9(19)3/h7H,4-6H2,1-3H3,(H,16,22)/t7-/m1/s1. The number of nitrogens with zero attached hydrogens (tertiary/aromatic N) is 4. The van der Waals surface area contributed by atoms with Crippen molar-refractivity contribution in [2.75, 3.05) is 0 Å². The number of aromatic amines is 1. The van der Waals surface area contributed by atoms with Crippen molar-refractivity contribution < 1.29 is 0 Å². The van der Waals surface area contributed by atoms with Crippen LogP contribution in [0.5, 0.6) is 0 Å². The minimum Gasteiger partial charge on any atom is -0.322 e. The number of aryl methyl sites for hydroxylation is 3. The van der Waals surface area contributed by atoms with Gasteiger partial charge in [-0.05, 0) is 56.8 Å². The first-order chi connectivity index (χ1) is 11.0. The van der Waals surface area contributed by atoms with E-state index in [9.17, 15) is 4.79 Å². The third kappa shape index (κ3) is 2.12. The van der Waals surface area contributed by atoms with Crippen molar-refractivity contribution in [1.29, 1.82) is 0 Å². The highest BCUT2D eigenvalue weighted by molar-refractivity contribution is 7.71. The molecule has 0 radical (unpaired) electrons. The molecule has 0 unspecified atom stereocenters. The maximum absolute atomic E-state index is 13.2. The van der Waals surface area contributed by atoms with Crippen molar-refractivity contribution in [1.82, 2.24) is 24.5 Å². The second kappa shape index (κ2) is 5.10. The van der Waals surface area contributed by atoms with Crippen molar-refractivity contribution in [3.63, 3.8) is 0 Å². The molecule has 6 nitrogen and oxygen atoms in total. The van der Waals surface area contributed by atoms with Gasteiger partial charge in [-0.3, -0.25) is 4.79 Å². The first-order valence-electron chi connectivity index (χ1n) is 7.66. The second-order valence-corrected chi connectivity index (χ2v) is 7.70. The molecule has 3 aromatic heterocycles. The zero-order chi connectivity index (χ0) is 16.3. The van der Waals surface area contributed by atoms with E-state index < -0.39 is 0 Å². The van der Waals surface area contributed by atoms with Gasteiger partial charge in [0.05, 0.1) is 5.39 Å². The molecular weight excluding hydrogens is 330 g/mol. The summed E-state index contributed by atoms with van der Waals surface area (Å²) in [6.07, 6.45) is 3.12. The van der Waals surface area contributed by atoms with Gasteiger partial charge in [-0.25, -0.2) is 4.68 Å². The molecule has 0 amide bonds. The molecule has 0 saturated heterocycles. The molecule has 1 aliphatic rings. The molecule has 0 fully saturated rings. The first kappa shape index (κ1) is 14.8. The number of H-pyrrole nitrogens is 1. The lowest BCUT2D eigenvalue weighted by Gasteiger charge is -2.17. The Bertz CT molecular complexity index is 1020. The predicted molar refractivity (Wildman–Crippen MR) is 92.8 cm³/mol. The Morgan fingerprint density at radius 1 is 1.26 bits per heavy atom. The Morgan fingerprint density at radius 2 is 1.96 bits per heavy atom. The van der Waals surface area contributed by atoms with E-state index in [0.29, 0.717) is 22.3 Å². The maximum atomic E-state index is 13.2. The molecule has 0 aliphatic heterocycles. The van der Waals surface area contributed by atoms with E-state index in [1.807, 2.05) is 13.8 Å². The smallest absolute Gasteiger partial charge is 0.282 e. The van der Waals surface area contributed by atoms with E-state index >= 15 is 0 Å². The number of hydrogen-bond donors (Lipinski definition) is 1. The average molecular weight is 347 g/mol. The van der Waals surface area contributed by atoms with Gasteiger partial charge in [-0.2, -0.15) is 4.68 Å². The Kier molecular flexibility index (Phi) is 3.28. The number of rotatable bonds is 1. The van der Waals surface area contributed by atoms with E-state index in [0.717, 1.165) is 29.5 Å². The van der Waals surface area contributed by atoms with Crippen LogP contribution < -0.4 is 5.56 Å². The van der Waals surface area contributed by atoms with Gasteiger partial charge < -0.3 is 4.98 Å². The highest BCUT2D eigenvalue weighted by Gasteiger charge is 2.24. The Labute approximate surface area is 141 Å². The largest absolute Gasteiger partial charge is 0.322 e. The van der Waals surface area contributed by atoms with Crippen LogP contribution in [0.1, 0.15) is 35.4 Å². The minimum atomic E-state index is -0.0817. The molecule has 4 rings (SSSR count). The van der Waals surface area contributed by atoms with Gasteiger partial charge in [0, 0.05) is 4.88 Å². The molecule has 3 aromatic rings. The summed E-state index contributed by atoms with van der Waals surface area (Å²) < 4.78 is 3.53. The predicted octanol–water partition coefficient (Wildman–Crippen LogP) is 2.77. The maximum Gasteiger partial charge on any atom is 0.282 e. The number of nitrogens with one attached hydrogen (secondary N) is 1. The van der Waals surface area contributed by atoms with Crippen LogP contribution >= 0.6 is 23.6 Å². The normalized spacial score (nSPS) is 17.6. The van der Waals surface area contributed by atoms with Gasteiger partial charge in [0.1, 0.15) is 16.5 Å². The van der Waals surface area contributed by atoms with Crippen LogP contribution in [-0.2, 0) is 12.8 Å². The molecule has 1 aliphatic carbocycles. The van der Waals surface area contributed by atoms with Crippen LogP contribution in [0, 0.1) is 24.5 Å². The Hall–Kier alpha value is -1.80. The third-order valence-electron chi connectivity index (χ3n) is 4.48. The monoisotopic (exact) mass is 347 g/mol. The van der Waals surface area contributed by atoms with Crippen molar-refractivity contribution >= 4 is 33.8 Å². The zero-order valence-electron chi connectivity index (χ0n) is 13.2. The summed E-state index contributed by atoms with van der Waals surface area (Å²) in [5.41, 5.74) is 1.11. The van der Waals surface area contributed by atoms with E-state index in [-0.39, 0.29) is 5.56 Å². The summed E-state index contributed by atoms with van der Waals surface area (Å²) in [6, 6.07) is 0. The molecule has 1 atom stereocenters. The molecule has 8 heteroatoms. The molecule has 23 heavy (non-hydrogen) atoms. The van der Waals surface area contributed by atoms with E-state index in [1.165, 1.54) is 15.1 Å². The fraction of sp³-hybridized carbons (Fsp3) is 0.467. The Morgan fingerprint density at radius 3 is 2.65 bits per heavy atom. The molecule has 0 aromatic carbocycles. The quantitative estimate of drug-likeness (QED) is 0.687. The van der Waals surface area contributed by atoms with Crippen LogP contribution in [0.2, 0.25) is 0 Å². The third-order valence-corrected chi connectivity index (χ3v) is 5.93. The number of aromatic nitrogens is 5. The van der Waals surface area contributed by atoms with E-state index in [4.69, 9.17) is 12.2 Å². The van der Waals surface area contributed by atoms with Crippen LogP contribution in [-0.4, -0.2) is 24.5 Å². The van der Waals surface area contributed by atoms with Crippen molar-refractivity contribution in [2.45, 2.75) is 40.0 Å². The highest BCUT2D eigenvalue weighted by Crippen LogP contribution is 2.35. The minimum absolute atomic E-state index is 0.0817. The SMILES string of the molecule is Cc1nnc(C)n1-n1c(=S)[nH]c2sc3c(c2c1=O)CC[C@@H](C)C3. The van der Waals surface area contributed by atoms with Gasteiger partial charge in [0.25, 0.3) is 5.56 Å². The first-order valence-corrected chi connectivity index (χ1v) is 8.88. The van der Waals surface area contributed by atoms with Crippen LogP contribution in [0.3, 0.4) is 0 Å². The van der Waals surface area contributed by atoms with Crippen LogP contribution in [0.15, 0.2) is 4.79 Å². The number of hydrogen-bond acceptors (Lipinski definition) is 5. The summed E-state index contributed by atoms with van der Waals surface area (Å²) in [7, 11) is 0. The highest BCUT2D eigenvalue weighted by atomic mass is 32.1. The van der Waals surface area contributed by atoms with E-state index in [2.05, 4.69) is 22.1 Å². The number of thiophene rings is 1. The zero-order valence-corrected chi connectivity index (χ0v) is 14.8. The van der Waals surface area contributed by atoms with E-state index in [1.54, 1.807) is 16.0 Å². The fourth-order valence-electron chi connectivity index (χ4n) is 3.35. The topological polar surface area (TPSA) is 68.5 Å². The lowest BCUT2D eigenvalue weighted by Crippen LogP contribution is -2.30. The molecular formula is C15H17N5OS2. The average Bonchev–Trinajstić information content (AvgIpc) is 3.00. The number of fused-ring (bicyclic) bond motifs is 3. The molecule has 0 saturated carbocycles. The summed E-state index contributed by atoms with van der Waals surface area (Å²) in [5, 5.41) is 8.85. The van der Waals surface area contributed by atoms with Gasteiger partial charge in [0.15, 0.2) is 0 Å². The summed E-state index contributed by atoms with van der Waals surface area (Å²) in [6.45, 7) is 5.89. The van der Waals surface area contributed by atoms with Crippen LogP contribution in [0.4, 0.5) is 0 Å².